The summed E-state index contributed by atoms with van der Waals surface area (Å²) in [6, 6.07) is 7.31. The standard InChI is InChI=1S/C20H18N2O4S/c1-10-5-13-14(6-11(10)2)22-19(24)17(27-20(22)21-13)9-12-7-15(25-3)18(23)16(8-12)26-4/h5-9,23H,1-4H3. The SMILES string of the molecule is COc1cc(C=c2sc3nc4cc(C)c(C)cc4n3c2=O)cc(OC)c1O. The molecule has 0 spiro atoms. The largest absolute Gasteiger partial charge is 0.502 e. The molecule has 0 bridgehead atoms. The molecule has 0 aliphatic carbocycles. The predicted molar refractivity (Wildman–Crippen MR) is 106 cm³/mol. The second-order valence-corrected chi connectivity index (χ2v) is 7.35. The van der Waals surface area contributed by atoms with E-state index in [0.717, 1.165) is 22.2 Å². The average molecular weight is 382 g/mol. The quantitative estimate of drug-likeness (QED) is 0.590. The van der Waals surface area contributed by atoms with E-state index < -0.39 is 0 Å². The molecule has 0 atom stereocenters. The Bertz CT molecular complexity index is 1280. The summed E-state index contributed by atoms with van der Waals surface area (Å²) in [6.07, 6.45) is 1.75. The summed E-state index contributed by atoms with van der Waals surface area (Å²) in [5.74, 6) is 0.495. The van der Waals surface area contributed by atoms with Crippen LogP contribution in [0, 0.1) is 13.8 Å². The summed E-state index contributed by atoms with van der Waals surface area (Å²) in [4.78, 5) is 18.2. The van der Waals surface area contributed by atoms with Crippen molar-refractivity contribution in [1.29, 1.82) is 0 Å². The van der Waals surface area contributed by atoms with Crippen LogP contribution in [0.2, 0.25) is 0 Å². The van der Waals surface area contributed by atoms with E-state index in [2.05, 4.69) is 4.98 Å². The average Bonchev–Trinajstić information content (AvgIpc) is 3.13. The van der Waals surface area contributed by atoms with Gasteiger partial charge in [-0.3, -0.25) is 4.79 Å². The number of fused-ring (bicyclic) bond motifs is 3. The first-order chi connectivity index (χ1) is 12.9. The first-order valence-corrected chi connectivity index (χ1v) is 9.13. The minimum absolute atomic E-state index is 0.0719. The van der Waals surface area contributed by atoms with Gasteiger partial charge in [0.1, 0.15) is 0 Å². The fourth-order valence-corrected chi connectivity index (χ4v) is 4.05. The molecular weight excluding hydrogens is 364 g/mol. The third-order valence-corrected chi connectivity index (χ3v) is 5.62. The lowest BCUT2D eigenvalue weighted by molar-refractivity contribution is 0.340. The summed E-state index contributed by atoms with van der Waals surface area (Å²) in [5.41, 5.74) is 4.48. The van der Waals surface area contributed by atoms with E-state index in [1.54, 1.807) is 22.6 Å². The Labute approximate surface area is 158 Å². The molecule has 6 nitrogen and oxygen atoms in total. The van der Waals surface area contributed by atoms with E-state index in [4.69, 9.17) is 9.47 Å². The fraction of sp³-hybridized carbons (Fsp3) is 0.200. The van der Waals surface area contributed by atoms with Gasteiger partial charge in [-0.05, 0) is 60.9 Å². The number of hydrogen-bond donors (Lipinski definition) is 1. The molecule has 7 heteroatoms. The van der Waals surface area contributed by atoms with Gasteiger partial charge in [-0.15, -0.1) is 0 Å². The zero-order valence-corrected chi connectivity index (χ0v) is 16.2. The van der Waals surface area contributed by atoms with Crippen molar-refractivity contribution < 1.29 is 14.6 Å². The van der Waals surface area contributed by atoms with E-state index in [9.17, 15) is 9.90 Å². The summed E-state index contributed by atoms with van der Waals surface area (Å²) >= 11 is 1.33. The van der Waals surface area contributed by atoms with E-state index in [-0.39, 0.29) is 22.8 Å². The van der Waals surface area contributed by atoms with E-state index in [1.165, 1.54) is 25.6 Å². The number of ether oxygens (including phenoxy) is 2. The molecule has 0 aliphatic heterocycles. The third-order valence-electron chi connectivity index (χ3n) is 4.65. The van der Waals surface area contributed by atoms with Crippen molar-refractivity contribution in [2.75, 3.05) is 14.2 Å². The van der Waals surface area contributed by atoms with Crippen LogP contribution in [-0.2, 0) is 0 Å². The maximum atomic E-state index is 13.0. The van der Waals surface area contributed by atoms with Crippen LogP contribution in [0.5, 0.6) is 17.2 Å². The lowest BCUT2D eigenvalue weighted by Gasteiger charge is -2.09. The summed E-state index contributed by atoms with van der Waals surface area (Å²) < 4.78 is 12.6. The molecular formula is C20H18N2O4S. The van der Waals surface area contributed by atoms with Crippen LogP contribution in [0.4, 0.5) is 0 Å². The van der Waals surface area contributed by atoms with Crippen LogP contribution < -0.4 is 19.6 Å². The maximum Gasteiger partial charge on any atom is 0.274 e. The Morgan fingerprint density at radius 1 is 1.07 bits per heavy atom. The molecule has 2 aromatic heterocycles. The molecule has 0 fully saturated rings. The normalized spacial score (nSPS) is 12.2. The zero-order chi connectivity index (χ0) is 19.3. The number of thiazole rings is 1. The van der Waals surface area contributed by atoms with Gasteiger partial charge >= 0.3 is 0 Å². The van der Waals surface area contributed by atoms with Crippen LogP contribution in [0.15, 0.2) is 29.1 Å². The number of benzene rings is 2. The number of phenolic OH excluding ortho intramolecular Hbond substituents is 1. The first-order valence-electron chi connectivity index (χ1n) is 8.32. The van der Waals surface area contributed by atoms with Gasteiger partial charge in [0.25, 0.3) is 5.56 Å². The van der Waals surface area contributed by atoms with Crippen molar-refractivity contribution in [2.45, 2.75) is 13.8 Å². The van der Waals surface area contributed by atoms with Crippen LogP contribution in [0.3, 0.4) is 0 Å². The van der Waals surface area contributed by atoms with E-state index in [0.29, 0.717) is 15.1 Å². The Hall–Kier alpha value is -3.06. The predicted octanol–water partition coefficient (Wildman–Crippen LogP) is 2.80. The number of phenols is 1. The number of rotatable bonds is 3. The molecule has 4 aromatic rings. The smallest absolute Gasteiger partial charge is 0.274 e. The molecule has 0 amide bonds. The van der Waals surface area contributed by atoms with Gasteiger partial charge in [0.2, 0.25) is 5.75 Å². The highest BCUT2D eigenvalue weighted by Crippen LogP contribution is 2.37. The number of aryl methyl sites for hydroxylation is 2. The lowest BCUT2D eigenvalue weighted by atomic mass is 10.1. The zero-order valence-electron chi connectivity index (χ0n) is 15.4. The van der Waals surface area contributed by atoms with Gasteiger partial charge in [0.05, 0.1) is 29.8 Å². The lowest BCUT2D eigenvalue weighted by Crippen LogP contribution is -2.22. The van der Waals surface area contributed by atoms with Crippen molar-refractivity contribution in [1.82, 2.24) is 9.38 Å². The van der Waals surface area contributed by atoms with Gasteiger partial charge in [-0.1, -0.05) is 11.3 Å². The van der Waals surface area contributed by atoms with Crippen molar-refractivity contribution >= 4 is 33.4 Å². The number of hydrogen-bond acceptors (Lipinski definition) is 6. The minimum Gasteiger partial charge on any atom is -0.502 e. The number of nitrogens with zero attached hydrogens (tertiary/aromatic N) is 2. The van der Waals surface area contributed by atoms with Crippen molar-refractivity contribution in [3.63, 3.8) is 0 Å². The number of aromatic hydroxyl groups is 1. The monoisotopic (exact) mass is 382 g/mol. The van der Waals surface area contributed by atoms with Gasteiger partial charge in [0, 0.05) is 0 Å². The highest BCUT2D eigenvalue weighted by atomic mass is 32.1. The molecule has 2 aromatic carbocycles. The summed E-state index contributed by atoms with van der Waals surface area (Å²) in [5, 5.41) is 10.0. The van der Waals surface area contributed by atoms with Crippen molar-refractivity contribution in [3.8, 4) is 17.2 Å². The second-order valence-electron chi connectivity index (χ2n) is 6.34. The van der Waals surface area contributed by atoms with Crippen molar-refractivity contribution in [2.24, 2.45) is 0 Å². The highest BCUT2D eigenvalue weighted by Gasteiger charge is 2.14. The van der Waals surface area contributed by atoms with E-state index in [1.807, 2.05) is 26.0 Å². The summed E-state index contributed by atoms with van der Waals surface area (Å²) in [6.45, 7) is 4.05. The third kappa shape index (κ3) is 2.71. The minimum atomic E-state index is -0.119. The Kier molecular flexibility index (Phi) is 4.04. The second kappa shape index (κ2) is 6.28. The summed E-state index contributed by atoms with van der Waals surface area (Å²) in [7, 11) is 2.93. The molecule has 0 unspecified atom stereocenters. The highest BCUT2D eigenvalue weighted by molar-refractivity contribution is 7.15. The van der Waals surface area contributed by atoms with Crippen LogP contribution >= 0.6 is 11.3 Å². The molecule has 1 N–H and O–H groups in total. The first kappa shape index (κ1) is 17.4. The van der Waals surface area contributed by atoms with Crippen LogP contribution in [0.1, 0.15) is 16.7 Å². The molecule has 4 rings (SSSR count). The molecule has 0 aliphatic rings. The van der Waals surface area contributed by atoms with Crippen molar-refractivity contribution in [3.05, 3.63) is 55.8 Å². The molecule has 138 valence electrons. The fourth-order valence-electron chi connectivity index (χ4n) is 3.07. The molecule has 0 saturated carbocycles. The Morgan fingerprint density at radius 2 is 1.70 bits per heavy atom. The van der Waals surface area contributed by atoms with E-state index >= 15 is 0 Å². The maximum absolute atomic E-state index is 13.0. The van der Waals surface area contributed by atoms with Crippen LogP contribution in [0.25, 0.3) is 22.1 Å². The molecule has 0 radical (unpaired) electrons. The molecule has 2 heterocycles. The number of imidazole rings is 1. The number of aromatic nitrogens is 2. The van der Waals surface area contributed by atoms with Gasteiger partial charge < -0.3 is 14.6 Å². The topological polar surface area (TPSA) is 73.1 Å². The molecule has 27 heavy (non-hydrogen) atoms. The van der Waals surface area contributed by atoms with Gasteiger partial charge in [-0.25, -0.2) is 9.38 Å². The molecule has 0 saturated heterocycles. The van der Waals surface area contributed by atoms with Gasteiger partial charge in [0.15, 0.2) is 16.5 Å². The Balaban J connectivity index is 1.96. The Morgan fingerprint density at radius 3 is 2.33 bits per heavy atom. The van der Waals surface area contributed by atoms with Gasteiger partial charge in [-0.2, -0.15) is 0 Å². The number of methoxy groups -OCH3 is 2. The van der Waals surface area contributed by atoms with Crippen LogP contribution in [-0.4, -0.2) is 28.7 Å².